The van der Waals surface area contributed by atoms with Gasteiger partial charge in [-0.3, -0.25) is 9.48 Å². The molecule has 2 aromatic heterocycles. The summed E-state index contributed by atoms with van der Waals surface area (Å²) >= 11 is 1.42. The number of hydrogen-bond acceptors (Lipinski definition) is 4. The number of anilines is 1. The van der Waals surface area contributed by atoms with Crippen molar-refractivity contribution in [3.63, 3.8) is 0 Å². The van der Waals surface area contributed by atoms with E-state index in [2.05, 4.69) is 10.4 Å². The highest BCUT2D eigenvalue weighted by molar-refractivity contribution is 7.21. The summed E-state index contributed by atoms with van der Waals surface area (Å²) in [5, 5.41) is 7.89. The molecule has 102 valence electrons. The second-order valence-corrected chi connectivity index (χ2v) is 5.42. The maximum Gasteiger partial charge on any atom is 0.263 e. The van der Waals surface area contributed by atoms with E-state index < -0.39 is 0 Å². The normalized spacial score (nSPS) is 10.8. The van der Waals surface area contributed by atoms with Gasteiger partial charge in [-0.15, -0.1) is 11.3 Å². The number of nitrogen functional groups attached to an aromatic ring is 1. The average Bonchev–Trinajstić information content (AvgIpc) is 3.08. The molecule has 2 heterocycles. The highest BCUT2D eigenvalue weighted by atomic mass is 32.1. The summed E-state index contributed by atoms with van der Waals surface area (Å²) in [6, 6.07) is 9.62. The molecule has 0 unspecified atom stereocenters. The molecular formula is C14H14N4OS. The van der Waals surface area contributed by atoms with Crippen molar-refractivity contribution in [1.29, 1.82) is 0 Å². The number of carbonyl (C=O) groups is 1. The van der Waals surface area contributed by atoms with Crippen LogP contribution in [0.2, 0.25) is 0 Å². The van der Waals surface area contributed by atoms with Crippen molar-refractivity contribution in [2.75, 3.05) is 12.3 Å². The Kier molecular flexibility index (Phi) is 3.39. The van der Waals surface area contributed by atoms with Crippen molar-refractivity contribution in [3.8, 4) is 0 Å². The highest BCUT2D eigenvalue weighted by Gasteiger charge is 2.15. The zero-order valence-electron chi connectivity index (χ0n) is 10.7. The zero-order chi connectivity index (χ0) is 13.9. The minimum Gasteiger partial charge on any atom is -0.397 e. The van der Waals surface area contributed by atoms with Crippen LogP contribution in [0, 0.1) is 0 Å². The monoisotopic (exact) mass is 286 g/mol. The Bertz CT molecular complexity index is 733. The van der Waals surface area contributed by atoms with E-state index in [1.807, 2.05) is 36.5 Å². The first-order chi connectivity index (χ1) is 9.75. The average molecular weight is 286 g/mol. The number of rotatable bonds is 4. The van der Waals surface area contributed by atoms with E-state index in [1.165, 1.54) is 11.3 Å². The van der Waals surface area contributed by atoms with Crippen molar-refractivity contribution >= 4 is 33.0 Å². The molecule has 0 aliphatic carbocycles. The standard InChI is InChI=1S/C14H14N4OS/c15-12-10-4-1-2-5-11(10)20-13(12)14(19)16-7-9-18-8-3-6-17-18/h1-6,8H,7,9,15H2,(H,16,19). The number of nitrogens with one attached hydrogen (secondary N) is 1. The van der Waals surface area contributed by atoms with Crippen molar-refractivity contribution in [2.45, 2.75) is 6.54 Å². The molecule has 0 fully saturated rings. The van der Waals surface area contributed by atoms with Gasteiger partial charge in [0.2, 0.25) is 0 Å². The van der Waals surface area contributed by atoms with E-state index in [4.69, 9.17) is 5.73 Å². The smallest absolute Gasteiger partial charge is 0.263 e. The summed E-state index contributed by atoms with van der Waals surface area (Å²) in [4.78, 5) is 12.7. The highest BCUT2D eigenvalue weighted by Crippen LogP contribution is 2.33. The summed E-state index contributed by atoms with van der Waals surface area (Å²) in [5.74, 6) is -0.129. The summed E-state index contributed by atoms with van der Waals surface area (Å²) in [7, 11) is 0. The van der Waals surface area contributed by atoms with Crippen LogP contribution in [0.25, 0.3) is 10.1 Å². The molecule has 3 aromatic rings. The fourth-order valence-corrected chi connectivity index (χ4v) is 3.07. The summed E-state index contributed by atoms with van der Waals surface area (Å²) in [5.41, 5.74) is 6.60. The molecule has 0 spiro atoms. The van der Waals surface area contributed by atoms with Crippen LogP contribution < -0.4 is 11.1 Å². The summed E-state index contributed by atoms with van der Waals surface area (Å²) in [6.07, 6.45) is 3.58. The largest absolute Gasteiger partial charge is 0.397 e. The third-order valence-electron chi connectivity index (χ3n) is 3.03. The van der Waals surface area contributed by atoms with Crippen molar-refractivity contribution in [3.05, 3.63) is 47.6 Å². The third-order valence-corrected chi connectivity index (χ3v) is 4.21. The first-order valence-corrected chi connectivity index (χ1v) is 7.10. The maximum atomic E-state index is 12.2. The van der Waals surface area contributed by atoms with Crippen molar-refractivity contribution in [2.24, 2.45) is 0 Å². The van der Waals surface area contributed by atoms with Gasteiger partial charge in [0.15, 0.2) is 0 Å². The maximum absolute atomic E-state index is 12.2. The molecule has 0 saturated carbocycles. The topological polar surface area (TPSA) is 72.9 Å². The number of thiophene rings is 1. The number of nitrogens with zero attached hydrogens (tertiary/aromatic N) is 2. The molecule has 0 aliphatic heterocycles. The molecule has 1 amide bonds. The van der Waals surface area contributed by atoms with Gasteiger partial charge in [-0.05, 0) is 12.1 Å². The SMILES string of the molecule is Nc1c(C(=O)NCCn2cccn2)sc2ccccc12. The van der Waals surface area contributed by atoms with Gasteiger partial charge in [0.25, 0.3) is 5.91 Å². The number of benzene rings is 1. The van der Waals surface area contributed by atoms with Gasteiger partial charge in [0.1, 0.15) is 4.88 Å². The van der Waals surface area contributed by atoms with E-state index in [0.29, 0.717) is 23.7 Å². The molecule has 1 aromatic carbocycles. The summed E-state index contributed by atoms with van der Waals surface area (Å²) < 4.78 is 2.80. The van der Waals surface area contributed by atoms with Gasteiger partial charge < -0.3 is 11.1 Å². The Morgan fingerprint density at radius 3 is 2.95 bits per heavy atom. The lowest BCUT2D eigenvalue weighted by atomic mass is 10.2. The number of hydrogen-bond donors (Lipinski definition) is 2. The van der Waals surface area contributed by atoms with Crippen LogP contribution in [0.5, 0.6) is 0 Å². The fraction of sp³-hybridized carbons (Fsp3) is 0.143. The van der Waals surface area contributed by atoms with Crippen LogP contribution >= 0.6 is 11.3 Å². The molecule has 0 atom stereocenters. The Morgan fingerprint density at radius 2 is 2.20 bits per heavy atom. The molecule has 6 heteroatoms. The van der Waals surface area contributed by atoms with Gasteiger partial charge >= 0.3 is 0 Å². The van der Waals surface area contributed by atoms with E-state index in [0.717, 1.165) is 10.1 Å². The minimum absolute atomic E-state index is 0.129. The fourth-order valence-electron chi connectivity index (χ4n) is 2.03. The Hall–Kier alpha value is -2.34. The summed E-state index contributed by atoms with van der Waals surface area (Å²) in [6.45, 7) is 1.16. The van der Waals surface area contributed by atoms with Gasteiger partial charge in [0.05, 0.1) is 12.2 Å². The predicted molar refractivity (Wildman–Crippen MR) is 80.8 cm³/mol. The van der Waals surface area contributed by atoms with E-state index in [9.17, 15) is 4.79 Å². The van der Waals surface area contributed by atoms with Crippen LogP contribution in [0.15, 0.2) is 42.7 Å². The van der Waals surface area contributed by atoms with Crippen LogP contribution in [0.1, 0.15) is 9.67 Å². The molecule has 0 aliphatic rings. The van der Waals surface area contributed by atoms with Crippen LogP contribution in [0.4, 0.5) is 5.69 Å². The first kappa shape index (κ1) is 12.7. The Labute approximate surface area is 120 Å². The van der Waals surface area contributed by atoms with E-state index in [-0.39, 0.29) is 5.91 Å². The van der Waals surface area contributed by atoms with Gasteiger partial charge in [-0.1, -0.05) is 18.2 Å². The van der Waals surface area contributed by atoms with Gasteiger partial charge in [-0.2, -0.15) is 5.10 Å². The Balaban J connectivity index is 1.71. The molecule has 3 rings (SSSR count). The molecular weight excluding hydrogens is 272 g/mol. The quantitative estimate of drug-likeness (QED) is 0.771. The minimum atomic E-state index is -0.129. The zero-order valence-corrected chi connectivity index (χ0v) is 11.6. The third kappa shape index (κ3) is 2.37. The first-order valence-electron chi connectivity index (χ1n) is 6.28. The number of aromatic nitrogens is 2. The molecule has 5 nitrogen and oxygen atoms in total. The van der Waals surface area contributed by atoms with Gasteiger partial charge in [-0.25, -0.2) is 0 Å². The van der Waals surface area contributed by atoms with Crippen LogP contribution in [-0.2, 0) is 6.54 Å². The van der Waals surface area contributed by atoms with Gasteiger partial charge in [0, 0.05) is 29.0 Å². The predicted octanol–water partition coefficient (Wildman–Crippen LogP) is 2.11. The Morgan fingerprint density at radius 1 is 1.35 bits per heavy atom. The molecule has 0 bridgehead atoms. The van der Waals surface area contributed by atoms with Crippen molar-refractivity contribution in [1.82, 2.24) is 15.1 Å². The number of fused-ring (bicyclic) bond motifs is 1. The molecule has 3 N–H and O–H groups in total. The van der Waals surface area contributed by atoms with Crippen molar-refractivity contribution < 1.29 is 4.79 Å². The molecule has 20 heavy (non-hydrogen) atoms. The second kappa shape index (κ2) is 5.34. The molecule has 0 radical (unpaired) electrons. The lowest BCUT2D eigenvalue weighted by molar-refractivity contribution is 0.0957. The lowest BCUT2D eigenvalue weighted by Gasteiger charge is -2.04. The lowest BCUT2D eigenvalue weighted by Crippen LogP contribution is -2.27. The van der Waals surface area contributed by atoms with Crippen LogP contribution in [-0.4, -0.2) is 22.2 Å². The molecule has 0 saturated heterocycles. The number of nitrogens with two attached hydrogens (primary N) is 1. The van der Waals surface area contributed by atoms with Crippen LogP contribution in [0.3, 0.4) is 0 Å². The number of amides is 1. The number of carbonyl (C=O) groups excluding carboxylic acids is 1. The van der Waals surface area contributed by atoms with E-state index in [1.54, 1.807) is 10.9 Å². The second-order valence-electron chi connectivity index (χ2n) is 4.37. The van der Waals surface area contributed by atoms with E-state index >= 15 is 0 Å².